The lowest BCUT2D eigenvalue weighted by molar-refractivity contribution is -0.121. The average Bonchev–Trinajstić information content (AvgIpc) is 1.99. The molecule has 3 nitrogen and oxygen atoms in total. The van der Waals surface area contributed by atoms with Crippen molar-refractivity contribution in [2.45, 2.75) is 25.1 Å². The van der Waals surface area contributed by atoms with Crippen LogP contribution in [-0.2, 0) is 4.79 Å². The van der Waals surface area contributed by atoms with Gasteiger partial charge < -0.3 is 11.1 Å². The molecule has 1 unspecified atom stereocenters. The summed E-state index contributed by atoms with van der Waals surface area (Å²) in [6.45, 7) is 4.44. The van der Waals surface area contributed by atoms with Gasteiger partial charge in [-0.1, -0.05) is 6.92 Å². The normalized spacial score (nSPS) is 15.6. The van der Waals surface area contributed by atoms with Crippen LogP contribution in [0.2, 0.25) is 0 Å². The highest BCUT2D eigenvalue weighted by atomic mass is 32.2. The van der Waals surface area contributed by atoms with Crippen LogP contribution in [0.5, 0.6) is 0 Å². The van der Waals surface area contributed by atoms with E-state index in [0.717, 1.165) is 0 Å². The third kappa shape index (κ3) is 5.09. The van der Waals surface area contributed by atoms with Crippen LogP contribution in [0.25, 0.3) is 0 Å². The fraction of sp³-hybridized carbons (Fsp3) is 0.857. The Bertz CT molecular complexity index is 128. The predicted molar refractivity (Wildman–Crippen MR) is 49.6 cm³/mol. The van der Waals surface area contributed by atoms with Crippen molar-refractivity contribution in [1.29, 1.82) is 0 Å². The van der Waals surface area contributed by atoms with E-state index in [4.69, 9.17) is 5.73 Å². The number of nitrogens with one attached hydrogen (secondary N) is 1. The van der Waals surface area contributed by atoms with E-state index in [1.54, 1.807) is 18.7 Å². The first-order chi connectivity index (χ1) is 5.07. The fourth-order valence-electron chi connectivity index (χ4n) is 0.489. The summed E-state index contributed by atoms with van der Waals surface area (Å²) in [7, 11) is 0. The van der Waals surface area contributed by atoms with Gasteiger partial charge >= 0.3 is 0 Å². The molecule has 4 heteroatoms. The molecule has 2 atom stereocenters. The lowest BCUT2D eigenvalue weighted by Crippen LogP contribution is -2.40. The van der Waals surface area contributed by atoms with Gasteiger partial charge in [0.2, 0.25) is 5.91 Å². The summed E-state index contributed by atoms with van der Waals surface area (Å²) in [5.74, 6) is -0.0779. The number of nitrogens with two attached hydrogens (primary N) is 1. The number of carbonyl (C=O) groups excluding carboxylic acids is 1. The van der Waals surface area contributed by atoms with Gasteiger partial charge in [-0.2, -0.15) is 11.8 Å². The zero-order valence-electron chi connectivity index (χ0n) is 7.26. The molecule has 0 aliphatic rings. The lowest BCUT2D eigenvalue weighted by Gasteiger charge is -2.11. The van der Waals surface area contributed by atoms with Crippen LogP contribution in [0, 0.1) is 0 Å². The van der Waals surface area contributed by atoms with Crippen molar-refractivity contribution < 1.29 is 4.79 Å². The number of hydrogen-bond acceptors (Lipinski definition) is 3. The minimum Gasteiger partial charge on any atom is -0.354 e. The van der Waals surface area contributed by atoms with Gasteiger partial charge in [-0.25, -0.2) is 0 Å². The Hall–Kier alpha value is -0.220. The maximum absolute atomic E-state index is 10.9. The van der Waals surface area contributed by atoms with Gasteiger partial charge in [-0.05, 0) is 13.2 Å². The summed E-state index contributed by atoms with van der Waals surface area (Å²) in [4.78, 5) is 10.9. The maximum atomic E-state index is 10.9. The highest BCUT2D eigenvalue weighted by molar-refractivity contribution is 7.99. The van der Waals surface area contributed by atoms with Gasteiger partial charge in [0.15, 0.2) is 0 Å². The number of rotatable bonds is 4. The van der Waals surface area contributed by atoms with Crippen LogP contribution < -0.4 is 11.1 Å². The van der Waals surface area contributed by atoms with E-state index in [2.05, 4.69) is 12.2 Å². The largest absolute Gasteiger partial charge is 0.354 e. The molecular weight excluding hydrogens is 160 g/mol. The second-order valence-electron chi connectivity index (χ2n) is 2.58. The zero-order valence-corrected chi connectivity index (χ0v) is 8.07. The topological polar surface area (TPSA) is 55.1 Å². The summed E-state index contributed by atoms with van der Waals surface area (Å²) < 4.78 is 0. The molecular formula is C7H16N2OS. The molecule has 0 aliphatic heterocycles. The van der Waals surface area contributed by atoms with Crippen molar-refractivity contribution in [3.63, 3.8) is 0 Å². The molecule has 0 rings (SSSR count). The summed E-state index contributed by atoms with van der Waals surface area (Å²) in [5.41, 5.74) is 5.34. The maximum Gasteiger partial charge on any atom is 0.236 e. The second kappa shape index (κ2) is 5.43. The molecule has 1 amide bonds. The molecule has 11 heavy (non-hydrogen) atoms. The predicted octanol–water partition coefficient (Wildman–Crippen LogP) is 0.201. The van der Waals surface area contributed by atoms with Crippen molar-refractivity contribution in [2.24, 2.45) is 5.73 Å². The summed E-state index contributed by atoms with van der Waals surface area (Å²) in [6.07, 6.45) is 2.02. The molecule has 0 saturated carbocycles. The highest BCUT2D eigenvalue weighted by Crippen LogP contribution is 2.02. The number of carbonyl (C=O) groups is 1. The molecule has 66 valence electrons. The van der Waals surface area contributed by atoms with Crippen LogP contribution >= 0.6 is 11.8 Å². The van der Waals surface area contributed by atoms with E-state index >= 15 is 0 Å². The van der Waals surface area contributed by atoms with E-state index in [1.165, 1.54) is 0 Å². The fourth-order valence-corrected chi connectivity index (χ4v) is 0.739. The van der Waals surface area contributed by atoms with E-state index < -0.39 is 6.04 Å². The second-order valence-corrected chi connectivity index (χ2v) is 3.86. The number of thioether (sulfide) groups is 1. The summed E-state index contributed by atoms with van der Waals surface area (Å²) in [6, 6.07) is -0.399. The molecule has 0 saturated heterocycles. The Kier molecular flexibility index (Phi) is 5.32. The van der Waals surface area contributed by atoms with E-state index in [0.29, 0.717) is 11.8 Å². The average molecular weight is 176 g/mol. The first-order valence-corrected chi connectivity index (χ1v) is 4.92. The summed E-state index contributed by atoms with van der Waals surface area (Å²) >= 11 is 1.72. The molecule has 0 aromatic heterocycles. The Labute approximate surface area is 72.1 Å². The molecule has 0 fully saturated rings. The third-order valence-corrected chi connectivity index (χ3v) is 2.35. The van der Waals surface area contributed by atoms with E-state index in [1.807, 2.05) is 6.26 Å². The van der Waals surface area contributed by atoms with Crippen molar-refractivity contribution in [3.05, 3.63) is 0 Å². The van der Waals surface area contributed by atoms with Gasteiger partial charge in [0.1, 0.15) is 0 Å². The molecule has 0 aromatic carbocycles. The third-order valence-electron chi connectivity index (χ3n) is 1.38. The quantitative estimate of drug-likeness (QED) is 0.643. The SMILES string of the molecule is CSC(C)CNC(=O)[C@H](C)N. The van der Waals surface area contributed by atoms with E-state index in [-0.39, 0.29) is 5.91 Å². The first kappa shape index (κ1) is 10.8. The minimum absolute atomic E-state index is 0.0779. The lowest BCUT2D eigenvalue weighted by atomic mass is 10.3. The number of amides is 1. The Morgan fingerprint density at radius 2 is 2.18 bits per heavy atom. The van der Waals surface area contributed by atoms with Crippen LogP contribution in [0.1, 0.15) is 13.8 Å². The Morgan fingerprint density at radius 1 is 1.64 bits per heavy atom. The molecule has 0 spiro atoms. The van der Waals surface area contributed by atoms with Crippen LogP contribution in [0.3, 0.4) is 0 Å². The van der Waals surface area contributed by atoms with Gasteiger partial charge in [-0.15, -0.1) is 0 Å². The minimum atomic E-state index is -0.399. The van der Waals surface area contributed by atoms with Gasteiger partial charge in [0.25, 0.3) is 0 Å². The standard InChI is InChI=1S/C7H16N2OS/c1-5(11-3)4-9-7(10)6(2)8/h5-6H,4,8H2,1-3H3,(H,9,10)/t5?,6-/m0/s1. The highest BCUT2D eigenvalue weighted by Gasteiger charge is 2.07. The molecule has 0 radical (unpaired) electrons. The first-order valence-electron chi connectivity index (χ1n) is 3.64. The summed E-state index contributed by atoms with van der Waals surface area (Å²) in [5, 5.41) is 3.20. The van der Waals surface area contributed by atoms with Gasteiger partial charge in [0, 0.05) is 11.8 Å². The van der Waals surface area contributed by atoms with Crippen molar-refractivity contribution in [2.75, 3.05) is 12.8 Å². The van der Waals surface area contributed by atoms with Gasteiger partial charge in [0.05, 0.1) is 6.04 Å². The molecule has 0 aliphatic carbocycles. The van der Waals surface area contributed by atoms with E-state index in [9.17, 15) is 4.79 Å². The number of hydrogen-bond donors (Lipinski definition) is 2. The molecule has 3 N–H and O–H groups in total. The van der Waals surface area contributed by atoms with Crippen molar-refractivity contribution in [1.82, 2.24) is 5.32 Å². The van der Waals surface area contributed by atoms with Crippen molar-refractivity contribution >= 4 is 17.7 Å². The molecule has 0 aromatic rings. The van der Waals surface area contributed by atoms with Crippen LogP contribution in [0.4, 0.5) is 0 Å². The van der Waals surface area contributed by atoms with Crippen LogP contribution in [-0.4, -0.2) is 30.0 Å². The molecule has 0 heterocycles. The van der Waals surface area contributed by atoms with Crippen molar-refractivity contribution in [3.8, 4) is 0 Å². The molecule has 0 bridgehead atoms. The zero-order chi connectivity index (χ0) is 8.85. The smallest absolute Gasteiger partial charge is 0.236 e. The Balaban J connectivity index is 3.46. The van der Waals surface area contributed by atoms with Crippen LogP contribution in [0.15, 0.2) is 0 Å². The monoisotopic (exact) mass is 176 g/mol. The Morgan fingerprint density at radius 3 is 2.55 bits per heavy atom. The van der Waals surface area contributed by atoms with Gasteiger partial charge in [-0.3, -0.25) is 4.79 Å².